The minimum atomic E-state index is -1.33. The number of nitrogens with two attached hydrogens (primary N) is 1. The Morgan fingerprint density at radius 2 is 2.18 bits per heavy atom. The Morgan fingerprint density at radius 3 is 2.65 bits per heavy atom. The van der Waals surface area contributed by atoms with Crippen molar-refractivity contribution in [3.05, 3.63) is 29.6 Å². The van der Waals surface area contributed by atoms with Crippen molar-refractivity contribution in [3.63, 3.8) is 0 Å². The molecular weight excluding hydrogens is 229 g/mol. The van der Waals surface area contributed by atoms with Gasteiger partial charge in [-0.25, -0.2) is 9.18 Å². The summed E-state index contributed by atoms with van der Waals surface area (Å²) in [5.41, 5.74) is 4.69. The summed E-state index contributed by atoms with van der Waals surface area (Å²) < 4.78 is 18.4. The van der Waals surface area contributed by atoms with Crippen LogP contribution in [-0.4, -0.2) is 23.1 Å². The molecule has 1 unspecified atom stereocenters. The number of benzene rings is 1. The average Bonchev–Trinajstić information content (AvgIpc) is 2.26. The molecule has 0 heterocycles. The lowest BCUT2D eigenvalue weighted by molar-refractivity contribution is -0.124. The van der Waals surface area contributed by atoms with Crippen LogP contribution in [0.1, 0.15) is 23.7 Å². The van der Waals surface area contributed by atoms with Gasteiger partial charge in [-0.3, -0.25) is 4.79 Å². The summed E-state index contributed by atoms with van der Waals surface area (Å²) in [6.07, 6.45) is -0.826. The number of ether oxygens (including phenoxy) is 1. The van der Waals surface area contributed by atoms with Gasteiger partial charge in [0, 0.05) is 0 Å². The first-order valence-electron chi connectivity index (χ1n) is 4.95. The topological polar surface area (TPSA) is 89.6 Å². The van der Waals surface area contributed by atoms with Crippen LogP contribution in [0.3, 0.4) is 0 Å². The standard InChI is InChI=1S/C11H12FNO4/c1-2-8(10(13)14)17-9-6(11(15)16)4-3-5-7(9)12/h3-5,8H,2H2,1H3,(H2,13,14)(H,15,16). The normalized spacial score (nSPS) is 11.9. The highest BCUT2D eigenvalue weighted by atomic mass is 19.1. The SMILES string of the molecule is CCC(Oc1c(F)cccc1C(=O)O)C(N)=O. The van der Waals surface area contributed by atoms with Gasteiger partial charge in [-0.2, -0.15) is 0 Å². The summed E-state index contributed by atoms with van der Waals surface area (Å²) in [5, 5.41) is 8.85. The van der Waals surface area contributed by atoms with Crippen molar-refractivity contribution in [2.75, 3.05) is 0 Å². The van der Waals surface area contributed by atoms with Gasteiger partial charge in [-0.15, -0.1) is 0 Å². The molecule has 0 saturated heterocycles. The van der Waals surface area contributed by atoms with E-state index in [-0.39, 0.29) is 12.0 Å². The highest BCUT2D eigenvalue weighted by molar-refractivity contribution is 5.91. The number of carbonyl (C=O) groups is 2. The van der Waals surface area contributed by atoms with Gasteiger partial charge in [0.15, 0.2) is 17.7 Å². The maximum absolute atomic E-state index is 13.4. The fourth-order valence-corrected chi connectivity index (χ4v) is 1.28. The highest BCUT2D eigenvalue weighted by Crippen LogP contribution is 2.24. The fraction of sp³-hybridized carbons (Fsp3) is 0.273. The molecule has 0 spiro atoms. The Bertz CT molecular complexity index is 447. The van der Waals surface area contributed by atoms with E-state index in [9.17, 15) is 14.0 Å². The summed E-state index contributed by atoms with van der Waals surface area (Å²) in [7, 11) is 0. The Kier molecular flexibility index (Phi) is 4.03. The first-order valence-corrected chi connectivity index (χ1v) is 4.95. The predicted octanol–water partition coefficient (Wildman–Crippen LogP) is 1.17. The van der Waals surface area contributed by atoms with E-state index in [2.05, 4.69) is 0 Å². The molecule has 1 rings (SSSR count). The van der Waals surface area contributed by atoms with Crippen LogP contribution in [0.4, 0.5) is 4.39 Å². The zero-order chi connectivity index (χ0) is 13.0. The number of amides is 1. The van der Waals surface area contributed by atoms with Crippen LogP contribution in [0, 0.1) is 5.82 Å². The third-order valence-electron chi connectivity index (χ3n) is 2.15. The Balaban J connectivity index is 3.12. The van der Waals surface area contributed by atoms with Crippen molar-refractivity contribution in [3.8, 4) is 5.75 Å². The van der Waals surface area contributed by atoms with E-state index in [1.54, 1.807) is 6.92 Å². The first-order chi connectivity index (χ1) is 7.97. The van der Waals surface area contributed by atoms with Crippen molar-refractivity contribution in [1.82, 2.24) is 0 Å². The summed E-state index contributed by atoms with van der Waals surface area (Å²) in [6, 6.07) is 3.49. The first kappa shape index (κ1) is 13.0. The van der Waals surface area contributed by atoms with Crippen LogP contribution in [0.25, 0.3) is 0 Å². The summed E-state index contributed by atoms with van der Waals surface area (Å²) in [6.45, 7) is 1.62. The van der Waals surface area contributed by atoms with Gasteiger partial charge in [-0.1, -0.05) is 13.0 Å². The van der Waals surface area contributed by atoms with Crippen LogP contribution < -0.4 is 10.5 Å². The molecule has 1 aromatic rings. The van der Waals surface area contributed by atoms with Crippen LogP contribution in [-0.2, 0) is 4.79 Å². The molecule has 0 radical (unpaired) electrons. The quantitative estimate of drug-likeness (QED) is 0.809. The molecule has 92 valence electrons. The highest BCUT2D eigenvalue weighted by Gasteiger charge is 2.21. The molecular formula is C11H12FNO4. The predicted molar refractivity (Wildman–Crippen MR) is 57.3 cm³/mol. The number of carboxylic acids is 1. The molecule has 1 atom stereocenters. The second-order valence-corrected chi connectivity index (χ2v) is 3.34. The molecule has 1 aromatic carbocycles. The Labute approximate surface area is 97.0 Å². The third-order valence-corrected chi connectivity index (χ3v) is 2.15. The molecule has 0 bridgehead atoms. The fourth-order valence-electron chi connectivity index (χ4n) is 1.28. The third kappa shape index (κ3) is 2.93. The zero-order valence-electron chi connectivity index (χ0n) is 9.14. The zero-order valence-corrected chi connectivity index (χ0v) is 9.14. The van der Waals surface area contributed by atoms with Gasteiger partial charge in [0.1, 0.15) is 5.56 Å². The van der Waals surface area contributed by atoms with Crippen LogP contribution in [0.5, 0.6) is 5.75 Å². The molecule has 17 heavy (non-hydrogen) atoms. The van der Waals surface area contributed by atoms with Gasteiger partial charge in [0.05, 0.1) is 0 Å². The molecule has 0 saturated carbocycles. The minimum Gasteiger partial charge on any atom is -0.478 e. The summed E-state index contributed by atoms with van der Waals surface area (Å²) in [4.78, 5) is 21.8. The average molecular weight is 241 g/mol. The van der Waals surface area contributed by atoms with Gasteiger partial charge in [0.2, 0.25) is 0 Å². The van der Waals surface area contributed by atoms with Gasteiger partial charge in [-0.05, 0) is 18.6 Å². The minimum absolute atomic E-state index is 0.225. The van der Waals surface area contributed by atoms with E-state index in [1.165, 1.54) is 12.1 Å². The van der Waals surface area contributed by atoms with Crippen molar-refractivity contribution in [2.45, 2.75) is 19.4 Å². The summed E-state index contributed by atoms with van der Waals surface area (Å²) in [5.74, 6) is -3.42. The van der Waals surface area contributed by atoms with E-state index in [0.717, 1.165) is 6.07 Å². The molecule has 0 aliphatic heterocycles. The maximum Gasteiger partial charge on any atom is 0.339 e. The lowest BCUT2D eigenvalue weighted by Gasteiger charge is -2.16. The molecule has 0 fully saturated rings. The monoisotopic (exact) mass is 241 g/mol. The van der Waals surface area contributed by atoms with Gasteiger partial charge < -0.3 is 15.6 Å². The number of halogens is 1. The van der Waals surface area contributed by atoms with Crippen molar-refractivity contribution in [1.29, 1.82) is 0 Å². The Morgan fingerprint density at radius 1 is 1.53 bits per heavy atom. The maximum atomic E-state index is 13.4. The molecule has 3 N–H and O–H groups in total. The molecule has 6 heteroatoms. The van der Waals surface area contributed by atoms with Crippen LogP contribution in [0.2, 0.25) is 0 Å². The number of hydrogen-bond acceptors (Lipinski definition) is 3. The molecule has 0 aromatic heterocycles. The largest absolute Gasteiger partial charge is 0.478 e. The Hall–Kier alpha value is -2.11. The second-order valence-electron chi connectivity index (χ2n) is 3.34. The summed E-state index contributed by atoms with van der Waals surface area (Å²) >= 11 is 0. The number of primary amides is 1. The lowest BCUT2D eigenvalue weighted by atomic mass is 10.2. The van der Waals surface area contributed by atoms with E-state index in [1.807, 2.05) is 0 Å². The lowest BCUT2D eigenvalue weighted by Crippen LogP contribution is -2.33. The van der Waals surface area contributed by atoms with E-state index in [4.69, 9.17) is 15.6 Å². The van der Waals surface area contributed by atoms with Gasteiger partial charge in [0.25, 0.3) is 5.91 Å². The smallest absolute Gasteiger partial charge is 0.339 e. The number of carbonyl (C=O) groups excluding carboxylic acids is 1. The number of para-hydroxylation sites is 1. The van der Waals surface area contributed by atoms with Gasteiger partial charge >= 0.3 is 5.97 Å². The number of aromatic carboxylic acids is 1. The van der Waals surface area contributed by atoms with Crippen LogP contribution >= 0.6 is 0 Å². The van der Waals surface area contributed by atoms with Crippen molar-refractivity contribution >= 4 is 11.9 Å². The van der Waals surface area contributed by atoms with E-state index < -0.39 is 29.5 Å². The second kappa shape index (κ2) is 5.29. The number of rotatable bonds is 5. The molecule has 0 aliphatic carbocycles. The molecule has 1 amide bonds. The molecule has 0 aliphatic rings. The van der Waals surface area contributed by atoms with Crippen molar-refractivity contribution in [2.24, 2.45) is 5.73 Å². The number of hydrogen-bond donors (Lipinski definition) is 2. The molecule has 5 nitrogen and oxygen atoms in total. The van der Waals surface area contributed by atoms with E-state index in [0.29, 0.717) is 0 Å². The van der Waals surface area contributed by atoms with Crippen LogP contribution in [0.15, 0.2) is 18.2 Å². The van der Waals surface area contributed by atoms with E-state index >= 15 is 0 Å². The number of carboxylic acid groups (broad SMARTS) is 1. The van der Waals surface area contributed by atoms with Crippen molar-refractivity contribution < 1.29 is 23.8 Å².